The average Bonchev–Trinajstić information content (AvgIpc) is 2.92. The SMILES string of the molecule is ON=C1CCN(Cc2ccsc2)c2ccccc21. The largest absolute Gasteiger partial charge is 0.411 e. The maximum absolute atomic E-state index is 9.05. The molecule has 1 N–H and O–H groups in total. The van der Waals surface area contributed by atoms with Crippen LogP contribution in [0.1, 0.15) is 17.5 Å². The minimum atomic E-state index is 0.784. The van der Waals surface area contributed by atoms with Gasteiger partial charge in [-0.2, -0.15) is 11.3 Å². The van der Waals surface area contributed by atoms with Crippen molar-refractivity contribution in [2.45, 2.75) is 13.0 Å². The summed E-state index contributed by atoms with van der Waals surface area (Å²) in [6.45, 7) is 1.81. The molecular formula is C14H14N2OS. The molecule has 1 aromatic heterocycles. The number of nitrogens with zero attached hydrogens (tertiary/aromatic N) is 2. The van der Waals surface area contributed by atoms with Crippen LogP contribution in [-0.2, 0) is 6.54 Å². The molecule has 0 radical (unpaired) electrons. The van der Waals surface area contributed by atoms with Gasteiger partial charge in [-0.1, -0.05) is 23.4 Å². The van der Waals surface area contributed by atoms with E-state index < -0.39 is 0 Å². The van der Waals surface area contributed by atoms with Crippen LogP contribution in [0, 0.1) is 0 Å². The number of oxime groups is 1. The lowest BCUT2D eigenvalue weighted by atomic mass is 9.99. The van der Waals surface area contributed by atoms with Crippen LogP contribution in [-0.4, -0.2) is 17.5 Å². The van der Waals surface area contributed by atoms with Gasteiger partial charge in [-0.3, -0.25) is 0 Å². The van der Waals surface area contributed by atoms with Gasteiger partial charge in [-0.15, -0.1) is 0 Å². The molecule has 4 heteroatoms. The van der Waals surface area contributed by atoms with Crippen molar-refractivity contribution in [1.29, 1.82) is 0 Å². The van der Waals surface area contributed by atoms with Crippen LogP contribution < -0.4 is 4.90 Å². The summed E-state index contributed by atoms with van der Waals surface area (Å²) in [4.78, 5) is 2.34. The van der Waals surface area contributed by atoms with Crippen LogP contribution >= 0.6 is 11.3 Å². The molecule has 0 saturated heterocycles. The quantitative estimate of drug-likeness (QED) is 0.662. The summed E-state index contributed by atoms with van der Waals surface area (Å²) in [7, 11) is 0. The summed E-state index contributed by atoms with van der Waals surface area (Å²) < 4.78 is 0. The topological polar surface area (TPSA) is 35.8 Å². The van der Waals surface area contributed by atoms with Gasteiger partial charge >= 0.3 is 0 Å². The van der Waals surface area contributed by atoms with Gasteiger partial charge in [0, 0.05) is 30.8 Å². The molecule has 1 aliphatic rings. The zero-order valence-corrected chi connectivity index (χ0v) is 10.7. The Morgan fingerprint density at radius 3 is 2.94 bits per heavy atom. The maximum Gasteiger partial charge on any atom is 0.0906 e. The number of anilines is 1. The highest BCUT2D eigenvalue weighted by Gasteiger charge is 2.21. The Morgan fingerprint density at radius 1 is 1.28 bits per heavy atom. The van der Waals surface area contributed by atoms with Crippen LogP contribution in [0.25, 0.3) is 0 Å². The van der Waals surface area contributed by atoms with Gasteiger partial charge in [0.15, 0.2) is 0 Å². The van der Waals surface area contributed by atoms with E-state index in [1.54, 1.807) is 11.3 Å². The van der Waals surface area contributed by atoms with Crippen LogP contribution in [0.4, 0.5) is 5.69 Å². The summed E-state index contributed by atoms with van der Waals surface area (Å²) >= 11 is 1.72. The second-order valence-corrected chi connectivity index (χ2v) is 5.15. The first kappa shape index (κ1) is 11.3. The van der Waals surface area contributed by atoms with Crippen molar-refractivity contribution >= 4 is 22.7 Å². The predicted molar refractivity (Wildman–Crippen MR) is 74.8 cm³/mol. The van der Waals surface area contributed by atoms with E-state index in [9.17, 15) is 0 Å². The summed E-state index contributed by atoms with van der Waals surface area (Å²) in [6.07, 6.45) is 0.789. The molecule has 0 spiro atoms. The molecule has 0 aliphatic carbocycles. The molecule has 18 heavy (non-hydrogen) atoms. The highest BCUT2D eigenvalue weighted by molar-refractivity contribution is 7.07. The summed E-state index contributed by atoms with van der Waals surface area (Å²) in [5.74, 6) is 0. The number of para-hydroxylation sites is 1. The second-order valence-electron chi connectivity index (χ2n) is 4.37. The second kappa shape index (κ2) is 4.82. The average molecular weight is 258 g/mol. The zero-order chi connectivity index (χ0) is 12.4. The standard InChI is InChI=1S/C14H14N2OS/c17-15-13-5-7-16(9-11-6-8-18-10-11)14-4-2-1-3-12(13)14/h1-4,6,8,10,17H,5,7,9H2. The molecule has 1 aliphatic heterocycles. The molecule has 92 valence electrons. The summed E-state index contributed by atoms with van der Waals surface area (Å²) in [6, 6.07) is 10.3. The van der Waals surface area contributed by atoms with Gasteiger partial charge in [-0.25, -0.2) is 0 Å². The molecule has 3 nitrogen and oxygen atoms in total. The number of fused-ring (bicyclic) bond motifs is 1. The lowest BCUT2D eigenvalue weighted by Crippen LogP contribution is -2.31. The number of benzene rings is 1. The molecular weight excluding hydrogens is 244 g/mol. The molecule has 0 atom stereocenters. The number of rotatable bonds is 2. The lowest BCUT2D eigenvalue weighted by molar-refractivity contribution is 0.317. The van der Waals surface area contributed by atoms with Crippen molar-refractivity contribution in [1.82, 2.24) is 0 Å². The zero-order valence-electron chi connectivity index (χ0n) is 9.91. The molecule has 1 aromatic carbocycles. The monoisotopic (exact) mass is 258 g/mol. The van der Waals surface area contributed by atoms with Gasteiger partial charge in [-0.05, 0) is 28.5 Å². The Bertz CT molecular complexity index is 563. The Morgan fingerprint density at radius 2 is 2.17 bits per heavy atom. The van der Waals surface area contributed by atoms with E-state index in [0.717, 1.165) is 36.5 Å². The summed E-state index contributed by atoms with van der Waals surface area (Å²) in [5, 5.41) is 16.7. The number of thiophene rings is 1. The fourth-order valence-electron chi connectivity index (χ4n) is 2.36. The first-order chi connectivity index (χ1) is 8.88. The van der Waals surface area contributed by atoms with Crippen molar-refractivity contribution in [3.63, 3.8) is 0 Å². The van der Waals surface area contributed by atoms with Gasteiger partial charge in [0.1, 0.15) is 0 Å². The normalized spacial score (nSPS) is 16.9. The molecule has 2 heterocycles. The van der Waals surface area contributed by atoms with Gasteiger partial charge in [0.05, 0.1) is 5.71 Å². The first-order valence-electron chi connectivity index (χ1n) is 5.95. The van der Waals surface area contributed by atoms with Crippen LogP contribution in [0.3, 0.4) is 0 Å². The highest BCUT2D eigenvalue weighted by Crippen LogP contribution is 2.28. The molecule has 0 saturated carbocycles. The van der Waals surface area contributed by atoms with E-state index in [4.69, 9.17) is 5.21 Å². The Kier molecular flexibility index (Phi) is 3.02. The third-order valence-corrected chi connectivity index (χ3v) is 3.98. The first-order valence-corrected chi connectivity index (χ1v) is 6.89. The Hall–Kier alpha value is -1.81. The van der Waals surface area contributed by atoms with E-state index >= 15 is 0 Å². The molecule has 0 fully saturated rings. The van der Waals surface area contributed by atoms with Crippen LogP contribution in [0.2, 0.25) is 0 Å². The van der Waals surface area contributed by atoms with Crippen LogP contribution in [0.15, 0.2) is 46.2 Å². The fraction of sp³-hybridized carbons (Fsp3) is 0.214. The van der Waals surface area contributed by atoms with Crippen molar-refractivity contribution < 1.29 is 5.21 Å². The summed E-state index contributed by atoms with van der Waals surface area (Å²) in [5.41, 5.74) is 4.32. The van der Waals surface area contributed by atoms with E-state index in [2.05, 4.69) is 32.9 Å². The third-order valence-electron chi connectivity index (χ3n) is 3.25. The lowest BCUT2D eigenvalue weighted by Gasteiger charge is -2.31. The van der Waals surface area contributed by atoms with Crippen molar-refractivity contribution in [3.05, 3.63) is 52.2 Å². The fourth-order valence-corrected chi connectivity index (χ4v) is 3.02. The minimum Gasteiger partial charge on any atom is -0.411 e. The molecule has 0 bridgehead atoms. The Balaban J connectivity index is 1.94. The van der Waals surface area contributed by atoms with Crippen LogP contribution in [0.5, 0.6) is 0 Å². The third kappa shape index (κ3) is 1.99. The Labute approximate surface area is 110 Å². The van der Waals surface area contributed by atoms with Gasteiger partial charge < -0.3 is 10.1 Å². The molecule has 2 aromatic rings. The molecule has 3 rings (SSSR count). The minimum absolute atomic E-state index is 0.784. The van der Waals surface area contributed by atoms with Crippen molar-refractivity contribution in [3.8, 4) is 0 Å². The van der Waals surface area contributed by atoms with Gasteiger partial charge in [0.25, 0.3) is 0 Å². The highest BCUT2D eigenvalue weighted by atomic mass is 32.1. The maximum atomic E-state index is 9.05. The number of hydrogen-bond acceptors (Lipinski definition) is 4. The smallest absolute Gasteiger partial charge is 0.0906 e. The number of hydrogen-bond donors (Lipinski definition) is 1. The molecule has 0 unspecified atom stereocenters. The van der Waals surface area contributed by atoms with E-state index in [1.165, 1.54) is 5.56 Å². The van der Waals surface area contributed by atoms with Crippen molar-refractivity contribution in [2.24, 2.45) is 5.16 Å². The predicted octanol–water partition coefficient (Wildman–Crippen LogP) is 3.34. The van der Waals surface area contributed by atoms with Gasteiger partial charge in [0.2, 0.25) is 0 Å². The molecule has 0 amide bonds. The van der Waals surface area contributed by atoms with E-state index in [1.807, 2.05) is 18.2 Å². The van der Waals surface area contributed by atoms with E-state index in [0.29, 0.717) is 0 Å². The van der Waals surface area contributed by atoms with Crippen molar-refractivity contribution in [2.75, 3.05) is 11.4 Å². The van der Waals surface area contributed by atoms with E-state index in [-0.39, 0.29) is 0 Å².